The Morgan fingerprint density at radius 3 is 2.69 bits per heavy atom. The molecule has 0 saturated heterocycles. The SMILES string of the molecule is Cc1ccc(C)c(NC2=C(Cl)C(=O)O[C@H]2OC(=O)c2ccccc2F)c1. The number of benzene rings is 2. The van der Waals surface area contributed by atoms with Gasteiger partial charge in [-0.15, -0.1) is 0 Å². The average molecular weight is 376 g/mol. The molecular weight excluding hydrogens is 361 g/mol. The van der Waals surface area contributed by atoms with Crippen LogP contribution in [0.15, 0.2) is 53.2 Å². The van der Waals surface area contributed by atoms with Gasteiger partial charge >= 0.3 is 11.9 Å². The summed E-state index contributed by atoms with van der Waals surface area (Å²) in [5, 5.41) is 2.76. The number of esters is 2. The summed E-state index contributed by atoms with van der Waals surface area (Å²) >= 11 is 6.00. The molecule has 26 heavy (non-hydrogen) atoms. The maximum Gasteiger partial charge on any atom is 0.355 e. The fourth-order valence-electron chi connectivity index (χ4n) is 2.42. The van der Waals surface area contributed by atoms with Crippen molar-refractivity contribution in [2.24, 2.45) is 0 Å². The number of halogens is 2. The summed E-state index contributed by atoms with van der Waals surface area (Å²) in [7, 11) is 0. The van der Waals surface area contributed by atoms with E-state index >= 15 is 0 Å². The number of anilines is 1. The van der Waals surface area contributed by atoms with Crippen molar-refractivity contribution in [1.82, 2.24) is 0 Å². The molecule has 0 spiro atoms. The van der Waals surface area contributed by atoms with Gasteiger partial charge in [0.05, 0.1) is 5.56 Å². The summed E-state index contributed by atoms with van der Waals surface area (Å²) in [4.78, 5) is 24.0. The van der Waals surface area contributed by atoms with Crippen molar-refractivity contribution in [3.63, 3.8) is 0 Å². The van der Waals surface area contributed by atoms with Crippen LogP contribution in [0.1, 0.15) is 21.5 Å². The molecule has 0 aliphatic carbocycles. The smallest absolute Gasteiger partial charge is 0.355 e. The number of cyclic esters (lactones) is 1. The van der Waals surface area contributed by atoms with Crippen molar-refractivity contribution < 1.29 is 23.5 Å². The van der Waals surface area contributed by atoms with E-state index < -0.39 is 24.0 Å². The highest BCUT2D eigenvalue weighted by atomic mass is 35.5. The highest BCUT2D eigenvalue weighted by Crippen LogP contribution is 2.30. The third kappa shape index (κ3) is 3.55. The first-order valence-corrected chi connectivity index (χ1v) is 8.15. The largest absolute Gasteiger partial charge is 0.415 e. The molecule has 1 aliphatic rings. The molecule has 1 atom stereocenters. The standard InChI is InChI=1S/C19H15ClFNO4/c1-10-7-8-11(2)14(9-10)22-16-15(20)18(24)26-19(16)25-17(23)12-5-3-4-6-13(12)21/h3-9,19,22H,1-2H3/t19-/m1/s1. The maximum atomic E-state index is 13.7. The molecule has 0 saturated carbocycles. The molecule has 0 unspecified atom stereocenters. The molecule has 0 fully saturated rings. The molecule has 5 nitrogen and oxygen atoms in total. The highest BCUT2D eigenvalue weighted by molar-refractivity contribution is 6.42. The van der Waals surface area contributed by atoms with Crippen molar-refractivity contribution in [3.8, 4) is 0 Å². The molecule has 0 radical (unpaired) electrons. The number of aryl methyl sites for hydroxylation is 2. The number of hydrogen-bond acceptors (Lipinski definition) is 5. The van der Waals surface area contributed by atoms with E-state index in [2.05, 4.69) is 5.32 Å². The average Bonchev–Trinajstić information content (AvgIpc) is 2.86. The van der Waals surface area contributed by atoms with Crippen LogP contribution in [0.4, 0.5) is 10.1 Å². The summed E-state index contributed by atoms with van der Waals surface area (Å²) < 4.78 is 23.9. The van der Waals surface area contributed by atoms with Gasteiger partial charge < -0.3 is 14.8 Å². The van der Waals surface area contributed by atoms with E-state index in [1.165, 1.54) is 18.2 Å². The predicted octanol–water partition coefficient (Wildman–Crippen LogP) is 4.04. The van der Waals surface area contributed by atoms with Crippen molar-refractivity contribution >= 4 is 29.2 Å². The van der Waals surface area contributed by atoms with Crippen LogP contribution in [0.5, 0.6) is 0 Å². The number of carbonyl (C=O) groups excluding carboxylic acids is 2. The molecule has 1 aliphatic heterocycles. The van der Waals surface area contributed by atoms with E-state index in [1.54, 1.807) is 0 Å². The fraction of sp³-hybridized carbons (Fsp3) is 0.158. The van der Waals surface area contributed by atoms with Crippen molar-refractivity contribution in [2.45, 2.75) is 20.1 Å². The zero-order valence-corrected chi connectivity index (χ0v) is 14.8. The van der Waals surface area contributed by atoms with Gasteiger partial charge in [-0.3, -0.25) is 0 Å². The minimum atomic E-state index is -1.39. The van der Waals surface area contributed by atoms with E-state index in [9.17, 15) is 14.0 Å². The van der Waals surface area contributed by atoms with Crippen molar-refractivity contribution in [1.29, 1.82) is 0 Å². The van der Waals surface area contributed by atoms with Crippen LogP contribution in [0, 0.1) is 19.7 Å². The topological polar surface area (TPSA) is 64.6 Å². The van der Waals surface area contributed by atoms with E-state index in [0.717, 1.165) is 17.2 Å². The second-order valence-electron chi connectivity index (χ2n) is 5.79. The van der Waals surface area contributed by atoms with Crippen LogP contribution in [0.3, 0.4) is 0 Å². The minimum Gasteiger partial charge on any atom is -0.415 e. The van der Waals surface area contributed by atoms with E-state index in [0.29, 0.717) is 5.69 Å². The van der Waals surface area contributed by atoms with Gasteiger partial charge in [0, 0.05) is 5.69 Å². The van der Waals surface area contributed by atoms with Gasteiger partial charge in [-0.05, 0) is 43.2 Å². The Morgan fingerprint density at radius 1 is 1.23 bits per heavy atom. The number of hydrogen-bond donors (Lipinski definition) is 1. The van der Waals surface area contributed by atoms with E-state index in [1.807, 2.05) is 32.0 Å². The van der Waals surface area contributed by atoms with Crippen LogP contribution in [-0.4, -0.2) is 18.2 Å². The number of rotatable bonds is 4. The monoisotopic (exact) mass is 375 g/mol. The number of nitrogens with one attached hydrogen (secondary N) is 1. The maximum absolute atomic E-state index is 13.7. The van der Waals surface area contributed by atoms with Crippen molar-refractivity contribution in [2.75, 3.05) is 5.32 Å². The first-order chi connectivity index (χ1) is 12.4. The van der Waals surface area contributed by atoms with Crippen LogP contribution in [-0.2, 0) is 14.3 Å². The zero-order valence-electron chi connectivity index (χ0n) is 14.0. The molecule has 7 heteroatoms. The third-order valence-corrected chi connectivity index (χ3v) is 4.19. The van der Waals surface area contributed by atoms with Gasteiger partial charge in [0.25, 0.3) is 6.29 Å². The molecule has 0 amide bonds. The normalized spacial score (nSPS) is 16.5. The molecule has 3 rings (SSSR count). The lowest BCUT2D eigenvalue weighted by atomic mass is 10.1. The second kappa shape index (κ2) is 7.17. The van der Waals surface area contributed by atoms with Gasteiger partial charge in [-0.25, -0.2) is 14.0 Å². The van der Waals surface area contributed by atoms with E-state index in [4.69, 9.17) is 21.1 Å². The van der Waals surface area contributed by atoms with Crippen LogP contribution < -0.4 is 5.32 Å². The summed E-state index contributed by atoms with van der Waals surface area (Å²) in [6.45, 7) is 3.78. The summed E-state index contributed by atoms with van der Waals surface area (Å²) in [6, 6.07) is 11.0. The number of carbonyl (C=O) groups is 2. The van der Waals surface area contributed by atoms with Gasteiger partial charge in [0.1, 0.15) is 11.5 Å². The second-order valence-corrected chi connectivity index (χ2v) is 6.17. The summed E-state index contributed by atoms with van der Waals surface area (Å²) in [5.74, 6) is -2.53. The Morgan fingerprint density at radius 2 is 1.96 bits per heavy atom. The lowest BCUT2D eigenvalue weighted by molar-refractivity contribution is -0.152. The van der Waals surface area contributed by atoms with Gasteiger partial charge in [0.15, 0.2) is 5.03 Å². The van der Waals surface area contributed by atoms with Crippen LogP contribution >= 0.6 is 11.6 Å². The Bertz CT molecular complexity index is 926. The molecule has 2 aromatic rings. The van der Waals surface area contributed by atoms with Crippen LogP contribution in [0.2, 0.25) is 0 Å². The molecule has 0 aromatic heterocycles. The lowest BCUT2D eigenvalue weighted by Crippen LogP contribution is -2.24. The van der Waals surface area contributed by atoms with Crippen LogP contribution in [0.25, 0.3) is 0 Å². The first-order valence-electron chi connectivity index (χ1n) is 7.77. The predicted molar refractivity (Wildman–Crippen MR) is 94.1 cm³/mol. The molecule has 0 bridgehead atoms. The zero-order chi connectivity index (χ0) is 18.8. The van der Waals surface area contributed by atoms with E-state index in [-0.39, 0.29) is 16.3 Å². The third-order valence-electron chi connectivity index (χ3n) is 3.84. The Kier molecular flexibility index (Phi) is 4.95. The molecule has 2 aromatic carbocycles. The Balaban J connectivity index is 1.85. The molecule has 134 valence electrons. The molecule has 1 N–H and O–H groups in total. The Labute approximate surface area is 154 Å². The quantitative estimate of drug-likeness (QED) is 0.817. The van der Waals surface area contributed by atoms with Gasteiger partial charge in [0.2, 0.25) is 0 Å². The number of ether oxygens (including phenoxy) is 2. The van der Waals surface area contributed by atoms with Gasteiger partial charge in [-0.1, -0.05) is 35.9 Å². The van der Waals surface area contributed by atoms with Crippen molar-refractivity contribution in [3.05, 3.63) is 75.7 Å². The van der Waals surface area contributed by atoms with Gasteiger partial charge in [-0.2, -0.15) is 0 Å². The molecular formula is C19H15ClFNO4. The highest BCUT2D eigenvalue weighted by Gasteiger charge is 2.37. The minimum absolute atomic E-state index is 0.0926. The fourth-order valence-corrected chi connectivity index (χ4v) is 2.60. The summed E-state index contributed by atoms with van der Waals surface area (Å²) in [6.07, 6.45) is -1.39. The molecule has 1 heterocycles. The summed E-state index contributed by atoms with van der Waals surface area (Å²) in [5.41, 5.74) is 2.39. The first kappa shape index (κ1) is 17.9. The lowest BCUT2D eigenvalue weighted by Gasteiger charge is -2.17. The Hall–Kier alpha value is -2.86.